The van der Waals surface area contributed by atoms with E-state index in [9.17, 15) is 0 Å². The number of hydrogen-bond donors (Lipinski definition) is 1. The molecule has 7 nitrogen and oxygen atoms in total. The first-order chi connectivity index (χ1) is 12.5. The zero-order chi connectivity index (χ0) is 18.6. The highest BCUT2D eigenvalue weighted by atomic mass is 127. The molecular formula is C19H27IN4O3. The SMILES string of the molecule is CN=C(NCC(C)(C)c1ccc2c(c1)OCCO2)N(C)Cc1ccon1.I. The van der Waals surface area contributed by atoms with Gasteiger partial charge in [0.15, 0.2) is 17.5 Å². The standard InChI is InChI=1S/C19H26N4O3.HI/c1-19(2,14-5-6-16-17(11-14)25-10-9-24-16)13-21-18(20-3)23(4)12-15-7-8-26-22-15;/h5-8,11H,9-10,12-13H2,1-4H3,(H,20,21);1H. The van der Waals surface area contributed by atoms with Crippen LogP contribution < -0.4 is 14.8 Å². The number of fused-ring (bicyclic) bond motifs is 1. The average molecular weight is 486 g/mol. The zero-order valence-corrected chi connectivity index (χ0v) is 18.5. The number of benzene rings is 1. The van der Waals surface area contributed by atoms with Gasteiger partial charge in [0.1, 0.15) is 25.2 Å². The highest BCUT2D eigenvalue weighted by Crippen LogP contribution is 2.34. The molecule has 148 valence electrons. The van der Waals surface area contributed by atoms with E-state index in [2.05, 4.69) is 41.4 Å². The molecule has 0 saturated carbocycles. The first-order valence-electron chi connectivity index (χ1n) is 8.71. The lowest BCUT2D eigenvalue weighted by molar-refractivity contribution is 0.171. The van der Waals surface area contributed by atoms with E-state index >= 15 is 0 Å². The van der Waals surface area contributed by atoms with E-state index in [1.54, 1.807) is 13.3 Å². The van der Waals surface area contributed by atoms with Crippen LogP contribution in [0.25, 0.3) is 0 Å². The van der Waals surface area contributed by atoms with Gasteiger partial charge in [-0.15, -0.1) is 24.0 Å². The van der Waals surface area contributed by atoms with Crippen molar-refractivity contribution in [3.05, 3.63) is 41.8 Å². The molecule has 0 amide bonds. The molecule has 8 heteroatoms. The van der Waals surface area contributed by atoms with Crippen LogP contribution in [0.2, 0.25) is 0 Å². The monoisotopic (exact) mass is 486 g/mol. The van der Waals surface area contributed by atoms with Crippen molar-refractivity contribution in [1.29, 1.82) is 0 Å². The van der Waals surface area contributed by atoms with Gasteiger partial charge in [-0.2, -0.15) is 0 Å². The molecule has 1 aromatic carbocycles. The lowest BCUT2D eigenvalue weighted by atomic mass is 9.84. The number of rotatable bonds is 5. The predicted molar refractivity (Wildman–Crippen MR) is 115 cm³/mol. The van der Waals surface area contributed by atoms with Crippen LogP contribution in [-0.4, -0.2) is 49.9 Å². The van der Waals surface area contributed by atoms with E-state index in [4.69, 9.17) is 14.0 Å². The fraction of sp³-hybridized carbons (Fsp3) is 0.474. The Bertz CT molecular complexity index is 762. The topological polar surface area (TPSA) is 72.1 Å². The van der Waals surface area contributed by atoms with Crippen molar-refractivity contribution in [3.8, 4) is 11.5 Å². The van der Waals surface area contributed by atoms with Crippen LogP contribution in [-0.2, 0) is 12.0 Å². The fourth-order valence-electron chi connectivity index (χ4n) is 2.89. The molecule has 2 heterocycles. The lowest BCUT2D eigenvalue weighted by Gasteiger charge is -2.30. The third-order valence-electron chi connectivity index (χ3n) is 4.48. The molecule has 27 heavy (non-hydrogen) atoms. The third-order valence-corrected chi connectivity index (χ3v) is 4.48. The molecule has 0 unspecified atom stereocenters. The Hall–Kier alpha value is -1.97. The van der Waals surface area contributed by atoms with Crippen LogP contribution in [0.1, 0.15) is 25.1 Å². The normalized spacial score (nSPS) is 13.7. The molecule has 1 aromatic heterocycles. The Morgan fingerprint density at radius 2 is 1.96 bits per heavy atom. The van der Waals surface area contributed by atoms with Gasteiger partial charge in [-0.05, 0) is 17.7 Å². The fourth-order valence-corrected chi connectivity index (χ4v) is 2.89. The maximum absolute atomic E-state index is 5.71. The second-order valence-electron chi connectivity index (χ2n) is 6.99. The molecule has 0 fully saturated rings. The molecule has 0 bridgehead atoms. The maximum atomic E-state index is 5.71. The predicted octanol–water partition coefficient (Wildman–Crippen LogP) is 3.05. The Labute approximate surface area is 177 Å². The number of aliphatic imine (C=N–C) groups is 1. The van der Waals surface area contributed by atoms with Gasteiger partial charge in [-0.1, -0.05) is 25.1 Å². The largest absolute Gasteiger partial charge is 0.486 e. The summed E-state index contributed by atoms with van der Waals surface area (Å²) in [5.74, 6) is 2.43. The van der Waals surface area contributed by atoms with Gasteiger partial charge in [-0.25, -0.2) is 0 Å². The van der Waals surface area contributed by atoms with Gasteiger partial charge in [0.05, 0.1) is 6.54 Å². The molecule has 0 radical (unpaired) electrons. The second kappa shape index (κ2) is 9.29. The number of hydrogen-bond acceptors (Lipinski definition) is 5. The molecule has 1 aliphatic heterocycles. The van der Waals surface area contributed by atoms with Gasteiger partial charge < -0.3 is 24.2 Å². The molecule has 1 aliphatic rings. The van der Waals surface area contributed by atoms with Gasteiger partial charge >= 0.3 is 0 Å². The maximum Gasteiger partial charge on any atom is 0.193 e. The Morgan fingerprint density at radius 1 is 1.22 bits per heavy atom. The summed E-state index contributed by atoms with van der Waals surface area (Å²) < 4.78 is 16.2. The molecule has 2 aromatic rings. The highest BCUT2D eigenvalue weighted by Gasteiger charge is 2.24. The van der Waals surface area contributed by atoms with Crippen molar-refractivity contribution in [3.63, 3.8) is 0 Å². The number of ether oxygens (including phenoxy) is 2. The summed E-state index contributed by atoms with van der Waals surface area (Å²) in [5.41, 5.74) is 1.94. The van der Waals surface area contributed by atoms with Gasteiger partial charge in [-0.3, -0.25) is 4.99 Å². The third kappa shape index (κ3) is 5.27. The minimum absolute atomic E-state index is 0. The number of halogens is 1. The smallest absolute Gasteiger partial charge is 0.193 e. The summed E-state index contributed by atoms with van der Waals surface area (Å²) in [6, 6.07) is 8.00. The molecular weight excluding hydrogens is 459 g/mol. The number of aromatic nitrogens is 1. The Balaban J connectivity index is 0.00000261. The van der Waals surface area contributed by atoms with E-state index in [-0.39, 0.29) is 29.4 Å². The first kappa shape index (κ1) is 21.3. The van der Waals surface area contributed by atoms with E-state index in [1.165, 1.54) is 5.56 Å². The van der Waals surface area contributed by atoms with Gasteiger partial charge in [0.25, 0.3) is 0 Å². The summed E-state index contributed by atoms with van der Waals surface area (Å²) in [6.45, 7) is 6.93. The van der Waals surface area contributed by atoms with Crippen LogP contribution in [0, 0.1) is 0 Å². The summed E-state index contributed by atoms with van der Waals surface area (Å²) >= 11 is 0. The van der Waals surface area contributed by atoms with Crippen molar-refractivity contribution in [2.45, 2.75) is 25.8 Å². The van der Waals surface area contributed by atoms with Crippen LogP contribution in [0.3, 0.4) is 0 Å². The van der Waals surface area contributed by atoms with Crippen molar-refractivity contribution in [2.24, 2.45) is 4.99 Å². The Morgan fingerprint density at radius 3 is 2.63 bits per heavy atom. The number of nitrogens with one attached hydrogen (secondary N) is 1. The van der Waals surface area contributed by atoms with Gasteiger partial charge in [0.2, 0.25) is 0 Å². The van der Waals surface area contributed by atoms with Crippen LogP contribution >= 0.6 is 24.0 Å². The Kier molecular flexibility index (Phi) is 7.34. The molecule has 0 atom stereocenters. The van der Waals surface area contributed by atoms with Crippen molar-refractivity contribution < 1.29 is 14.0 Å². The van der Waals surface area contributed by atoms with Crippen LogP contribution in [0.5, 0.6) is 11.5 Å². The minimum Gasteiger partial charge on any atom is -0.486 e. The summed E-state index contributed by atoms with van der Waals surface area (Å²) in [6.07, 6.45) is 1.57. The zero-order valence-electron chi connectivity index (χ0n) is 16.2. The van der Waals surface area contributed by atoms with E-state index < -0.39 is 0 Å². The van der Waals surface area contributed by atoms with Gasteiger partial charge in [0, 0.05) is 32.1 Å². The number of nitrogens with zero attached hydrogens (tertiary/aromatic N) is 3. The number of guanidine groups is 1. The first-order valence-corrected chi connectivity index (χ1v) is 8.71. The summed E-state index contributed by atoms with van der Waals surface area (Å²) in [7, 11) is 3.75. The lowest BCUT2D eigenvalue weighted by Crippen LogP contribution is -2.44. The average Bonchev–Trinajstić information content (AvgIpc) is 3.14. The van der Waals surface area contributed by atoms with E-state index in [1.807, 2.05) is 24.1 Å². The van der Waals surface area contributed by atoms with Crippen molar-refractivity contribution >= 4 is 29.9 Å². The molecule has 0 saturated heterocycles. The molecule has 0 spiro atoms. The van der Waals surface area contributed by atoms with Crippen molar-refractivity contribution in [2.75, 3.05) is 33.9 Å². The molecule has 3 rings (SSSR count). The van der Waals surface area contributed by atoms with Crippen LogP contribution in [0.4, 0.5) is 0 Å². The van der Waals surface area contributed by atoms with E-state index in [0.717, 1.165) is 29.7 Å². The quantitative estimate of drug-likeness (QED) is 0.398. The van der Waals surface area contributed by atoms with E-state index in [0.29, 0.717) is 19.8 Å². The minimum atomic E-state index is -0.111. The summed E-state index contributed by atoms with van der Waals surface area (Å²) in [5, 5.41) is 7.39. The molecule has 0 aliphatic carbocycles. The van der Waals surface area contributed by atoms with Crippen LogP contribution in [0.15, 0.2) is 40.0 Å². The second-order valence-corrected chi connectivity index (χ2v) is 6.99. The highest BCUT2D eigenvalue weighted by molar-refractivity contribution is 14.0. The summed E-state index contributed by atoms with van der Waals surface area (Å²) in [4.78, 5) is 6.38. The van der Waals surface area contributed by atoms with Crippen molar-refractivity contribution in [1.82, 2.24) is 15.4 Å². The molecule has 1 N–H and O–H groups in total.